The molecule has 0 amide bonds. The number of carboxylic acid groups (broad SMARTS) is 2. The van der Waals surface area contributed by atoms with E-state index < -0.39 is 24.0 Å². The monoisotopic (exact) mass is 277 g/mol. The number of rotatable bonds is 6. The Hall–Kier alpha value is -1.18. The third-order valence-electron chi connectivity index (χ3n) is 2.19. The predicted molar refractivity (Wildman–Crippen MR) is 73.6 cm³/mol. The molecule has 0 aliphatic rings. The zero-order chi connectivity index (χ0) is 15.6. The van der Waals surface area contributed by atoms with Gasteiger partial charge in [0.15, 0.2) is 0 Å². The van der Waals surface area contributed by atoms with Gasteiger partial charge >= 0.3 is 11.9 Å². The standard InChI is InChI=1S/C7H15NO2.C5H12N2O2/c1-7(2,3)4-5(8)6(9)10;6-3-1-2-4(7)5(8)9/h5H,4,8H2,1-3H3,(H,9,10);4H,1-3,6-7H2,(H,8,9)/t5-;4-/m00/s1. The van der Waals surface area contributed by atoms with Gasteiger partial charge in [-0.15, -0.1) is 0 Å². The van der Waals surface area contributed by atoms with Crippen molar-refractivity contribution in [1.29, 1.82) is 0 Å². The summed E-state index contributed by atoms with van der Waals surface area (Å²) in [7, 11) is 0. The average molecular weight is 277 g/mol. The van der Waals surface area contributed by atoms with E-state index >= 15 is 0 Å². The number of hydrogen-bond donors (Lipinski definition) is 5. The fourth-order valence-electron chi connectivity index (χ4n) is 1.21. The van der Waals surface area contributed by atoms with Gasteiger partial charge in [-0.05, 0) is 31.2 Å². The first-order valence-corrected chi connectivity index (χ1v) is 6.18. The Morgan fingerprint density at radius 3 is 1.68 bits per heavy atom. The van der Waals surface area contributed by atoms with Gasteiger partial charge in [0.05, 0.1) is 0 Å². The summed E-state index contributed by atoms with van der Waals surface area (Å²) in [4.78, 5) is 20.3. The second kappa shape index (κ2) is 9.71. The van der Waals surface area contributed by atoms with Gasteiger partial charge in [-0.25, -0.2) is 0 Å². The van der Waals surface area contributed by atoms with E-state index in [2.05, 4.69) is 0 Å². The van der Waals surface area contributed by atoms with Crippen molar-refractivity contribution >= 4 is 11.9 Å². The van der Waals surface area contributed by atoms with E-state index in [1.165, 1.54) is 0 Å². The van der Waals surface area contributed by atoms with E-state index in [9.17, 15) is 9.59 Å². The summed E-state index contributed by atoms with van der Waals surface area (Å²) in [5.74, 6) is -1.88. The molecule has 114 valence electrons. The Balaban J connectivity index is 0. The zero-order valence-corrected chi connectivity index (χ0v) is 11.9. The first kappa shape index (κ1) is 20.1. The van der Waals surface area contributed by atoms with Crippen LogP contribution < -0.4 is 17.2 Å². The molecule has 0 bridgehead atoms. The molecule has 8 N–H and O–H groups in total. The zero-order valence-electron chi connectivity index (χ0n) is 11.9. The lowest BCUT2D eigenvalue weighted by molar-refractivity contribution is -0.139. The second-order valence-corrected chi connectivity index (χ2v) is 5.59. The van der Waals surface area contributed by atoms with Crippen LogP contribution in [-0.4, -0.2) is 40.8 Å². The van der Waals surface area contributed by atoms with E-state index in [1.807, 2.05) is 20.8 Å². The molecule has 7 heteroatoms. The Bertz CT molecular complexity index is 277. The fraction of sp³-hybridized carbons (Fsp3) is 0.833. The van der Waals surface area contributed by atoms with Crippen molar-refractivity contribution in [2.45, 2.75) is 52.1 Å². The molecule has 0 spiro atoms. The van der Waals surface area contributed by atoms with Crippen LogP contribution in [0.1, 0.15) is 40.0 Å². The summed E-state index contributed by atoms with van der Waals surface area (Å²) in [5, 5.41) is 16.7. The first-order chi connectivity index (χ1) is 8.51. The molecule has 0 aliphatic heterocycles. The number of nitrogens with two attached hydrogens (primary N) is 3. The van der Waals surface area contributed by atoms with Gasteiger partial charge in [0.2, 0.25) is 0 Å². The summed E-state index contributed by atoms with van der Waals surface area (Å²) in [6.07, 6.45) is 1.65. The fourth-order valence-corrected chi connectivity index (χ4v) is 1.21. The highest BCUT2D eigenvalue weighted by Crippen LogP contribution is 2.19. The highest BCUT2D eigenvalue weighted by molar-refractivity contribution is 5.73. The average Bonchev–Trinajstić information content (AvgIpc) is 2.24. The van der Waals surface area contributed by atoms with Gasteiger partial charge in [0.25, 0.3) is 0 Å². The van der Waals surface area contributed by atoms with Gasteiger partial charge in [-0.1, -0.05) is 20.8 Å². The minimum absolute atomic E-state index is 0.00218. The maximum Gasteiger partial charge on any atom is 0.320 e. The molecule has 0 aromatic carbocycles. The Morgan fingerprint density at radius 2 is 1.47 bits per heavy atom. The number of hydrogen-bond acceptors (Lipinski definition) is 5. The van der Waals surface area contributed by atoms with Crippen molar-refractivity contribution in [1.82, 2.24) is 0 Å². The van der Waals surface area contributed by atoms with Gasteiger partial charge in [0.1, 0.15) is 12.1 Å². The molecule has 0 saturated carbocycles. The van der Waals surface area contributed by atoms with Crippen LogP contribution in [-0.2, 0) is 9.59 Å². The van der Waals surface area contributed by atoms with Crippen LogP contribution in [0.4, 0.5) is 0 Å². The highest BCUT2D eigenvalue weighted by Gasteiger charge is 2.20. The van der Waals surface area contributed by atoms with Crippen LogP contribution in [0.2, 0.25) is 0 Å². The number of carboxylic acids is 2. The summed E-state index contributed by atoms with van der Waals surface area (Å²) in [5.41, 5.74) is 15.6. The molecular formula is C12H27N3O4. The lowest BCUT2D eigenvalue weighted by atomic mass is 9.88. The molecule has 0 fully saturated rings. The molecule has 0 saturated heterocycles. The van der Waals surface area contributed by atoms with Crippen LogP contribution in [0.15, 0.2) is 0 Å². The van der Waals surface area contributed by atoms with Crippen LogP contribution >= 0.6 is 0 Å². The summed E-state index contributed by atoms with van der Waals surface area (Å²) < 4.78 is 0. The lowest BCUT2D eigenvalue weighted by Crippen LogP contribution is -2.34. The van der Waals surface area contributed by atoms with E-state index in [4.69, 9.17) is 27.4 Å². The van der Waals surface area contributed by atoms with E-state index in [1.54, 1.807) is 0 Å². The maximum absolute atomic E-state index is 10.3. The summed E-state index contributed by atoms with van der Waals surface area (Å²) in [6, 6.07) is -1.46. The largest absolute Gasteiger partial charge is 0.480 e. The quantitative estimate of drug-likeness (QED) is 0.457. The minimum atomic E-state index is -0.955. The predicted octanol–water partition coefficient (Wildman–Crippen LogP) is -0.0283. The van der Waals surface area contributed by atoms with Crippen LogP contribution in [0.3, 0.4) is 0 Å². The lowest BCUT2D eigenvalue weighted by Gasteiger charge is -2.20. The molecule has 0 radical (unpaired) electrons. The van der Waals surface area contributed by atoms with Gasteiger partial charge in [-0.2, -0.15) is 0 Å². The molecule has 0 aliphatic carbocycles. The molecule has 7 nitrogen and oxygen atoms in total. The summed E-state index contributed by atoms with van der Waals surface area (Å²) in [6.45, 7) is 6.41. The van der Waals surface area contributed by atoms with Crippen molar-refractivity contribution in [3.63, 3.8) is 0 Å². The smallest absolute Gasteiger partial charge is 0.320 e. The third kappa shape index (κ3) is 14.8. The van der Waals surface area contributed by atoms with Gasteiger partial charge in [0, 0.05) is 0 Å². The Morgan fingerprint density at radius 1 is 1.05 bits per heavy atom. The SMILES string of the molecule is CC(C)(C)C[C@H](N)C(=O)O.NCCC[C@H](N)C(=O)O. The van der Waals surface area contributed by atoms with Crippen molar-refractivity contribution in [2.24, 2.45) is 22.6 Å². The van der Waals surface area contributed by atoms with E-state index in [-0.39, 0.29) is 5.41 Å². The number of aliphatic carboxylic acids is 2. The molecular weight excluding hydrogens is 250 g/mol. The molecule has 0 heterocycles. The highest BCUT2D eigenvalue weighted by atomic mass is 16.4. The summed E-state index contributed by atoms with van der Waals surface area (Å²) >= 11 is 0. The first-order valence-electron chi connectivity index (χ1n) is 6.18. The third-order valence-corrected chi connectivity index (χ3v) is 2.19. The van der Waals surface area contributed by atoms with E-state index in [0.29, 0.717) is 25.8 Å². The van der Waals surface area contributed by atoms with Crippen molar-refractivity contribution < 1.29 is 19.8 Å². The van der Waals surface area contributed by atoms with Gasteiger partial charge in [-0.3, -0.25) is 9.59 Å². The minimum Gasteiger partial charge on any atom is -0.480 e. The van der Waals surface area contributed by atoms with Crippen LogP contribution in [0.5, 0.6) is 0 Å². The molecule has 0 rings (SSSR count). The molecule has 0 unspecified atom stereocenters. The topological polar surface area (TPSA) is 153 Å². The normalized spacial score (nSPS) is 14.0. The van der Waals surface area contributed by atoms with Gasteiger partial charge < -0.3 is 27.4 Å². The van der Waals surface area contributed by atoms with Crippen LogP contribution in [0.25, 0.3) is 0 Å². The Labute approximate surface area is 114 Å². The van der Waals surface area contributed by atoms with Crippen molar-refractivity contribution in [3.8, 4) is 0 Å². The van der Waals surface area contributed by atoms with Crippen LogP contribution in [0, 0.1) is 5.41 Å². The number of carbonyl (C=O) groups is 2. The molecule has 19 heavy (non-hydrogen) atoms. The maximum atomic E-state index is 10.3. The second-order valence-electron chi connectivity index (χ2n) is 5.59. The van der Waals surface area contributed by atoms with E-state index in [0.717, 1.165) is 0 Å². The molecule has 2 atom stereocenters. The molecule has 0 aromatic heterocycles. The van der Waals surface area contributed by atoms with Crippen molar-refractivity contribution in [3.05, 3.63) is 0 Å². The Kier molecular flexibility index (Phi) is 10.3. The van der Waals surface area contributed by atoms with Crippen molar-refractivity contribution in [2.75, 3.05) is 6.54 Å². The molecule has 0 aromatic rings.